The second-order valence-electron chi connectivity index (χ2n) is 5.49. The molecule has 1 aliphatic heterocycles. The molecule has 2 N–H and O–H groups in total. The summed E-state index contributed by atoms with van der Waals surface area (Å²) in [5, 5.41) is 6.80. The number of hydrogen-bond acceptors (Lipinski definition) is 4. The molecule has 1 aromatic heterocycles. The Morgan fingerprint density at radius 3 is 3.06 bits per heavy atom. The number of carbonyl (C=O) groups is 1. The van der Waals surface area contributed by atoms with Gasteiger partial charge in [-0.3, -0.25) is 4.79 Å². The summed E-state index contributed by atoms with van der Waals surface area (Å²) in [4.78, 5) is 17.0. The van der Waals surface area contributed by atoms with Gasteiger partial charge in [-0.2, -0.15) is 0 Å². The number of aromatic nitrogens is 1. The van der Waals surface area contributed by atoms with Crippen molar-refractivity contribution in [1.82, 2.24) is 15.6 Å². The zero-order chi connectivity index (χ0) is 12.6. The minimum atomic E-state index is 0.0522. The molecule has 98 valence electrons. The average molecular weight is 265 g/mol. The van der Waals surface area contributed by atoms with Crippen molar-refractivity contribution in [1.29, 1.82) is 0 Å². The molecule has 1 saturated carbocycles. The zero-order valence-electron chi connectivity index (χ0n) is 10.7. The minimum absolute atomic E-state index is 0.0522. The van der Waals surface area contributed by atoms with E-state index in [0.29, 0.717) is 11.6 Å². The Labute approximate surface area is 111 Å². The molecule has 4 nitrogen and oxygen atoms in total. The van der Waals surface area contributed by atoms with E-state index in [1.807, 2.05) is 6.92 Å². The largest absolute Gasteiger partial charge is 0.348 e. The van der Waals surface area contributed by atoms with Crippen molar-refractivity contribution in [2.75, 3.05) is 6.54 Å². The van der Waals surface area contributed by atoms with Gasteiger partial charge in [-0.05, 0) is 45.6 Å². The zero-order valence-corrected chi connectivity index (χ0v) is 11.5. The monoisotopic (exact) mass is 265 g/mol. The molecule has 0 radical (unpaired) electrons. The maximum Gasteiger partial charge on any atom is 0.263 e. The van der Waals surface area contributed by atoms with Crippen LogP contribution in [0.3, 0.4) is 0 Å². The standard InChI is InChI=1S/C13H19N3OS/c1-9-11(18-8-14-9)12(17)16-10-3-6-15-13(7-10)4-2-5-13/h8,10,15H,2-7H2,1H3,(H,16,17). The van der Waals surface area contributed by atoms with Crippen LogP contribution >= 0.6 is 11.3 Å². The first-order valence-electron chi connectivity index (χ1n) is 6.65. The number of nitrogens with zero attached hydrogens (tertiary/aromatic N) is 1. The molecule has 5 heteroatoms. The number of piperidine rings is 1. The van der Waals surface area contributed by atoms with Gasteiger partial charge in [-0.1, -0.05) is 0 Å². The van der Waals surface area contributed by atoms with E-state index in [1.165, 1.54) is 30.6 Å². The van der Waals surface area contributed by atoms with Crippen LogP contribution < -0.4 is 10.6 Å². The molecule has 1 atom stereocenters. The maximum absolute atomic E-state index is 12.2. The van der Waals surface area contributed by atoms with Gasteiger partial charge in [0.1, 0.15) is 4.88 Å². The predicted molar refractivity (Wildman–Crippen MR) is 71.9 cm³/mol. The molecular weight excluding hydrogens is 246 g/mol. The van der Waals surface area contributed by atoms with Crippen molar-refractivity contribution in [3.63, 3.8) is 0 Å². The first-order valence-corrected chi connectivity index (χ1v) is 7.52. The second kappa shape index (κ2) is 4.63. The summed E-state index contributed by atoms with van der Waals surface area (Å²) in [7, 11) is 0. The number of carbonyl (C=O) groups excluding carboxylic acids is 1. The molecule has 1 spiro atoms. The Morgan fingerprint density at radius 1 is 1.61 bits per heavy atom. The van der Waals surface area contributed by atoms with Crippen LogP contribution in [0.25, 0.3) is 0 Å². The molecule has 3 rings (SSSR count). The summed E-state index contributed by atoms with van der Waals surface area (Å²) in [5.74, 6) is 0.0522. The molecule has 1 saturated heterocycles. The highest BCUT2D eigenvalue weighted by Gasteiger charge is 2.41. The average Bonchev–Trinajstić information content (AvgIpc) is 2.74. The summed E-state index contributed by atoms with van der Waals surface area (Å²) in [6.07, 6.45) is 5.96. The SMILES string of the molecule is Cc1ncsc1C(=O)NC1CCNC2(CCC2)C1. The number of nitrogens with one attached hydrogen (secondary N) is 2. The minimum Gasteiger partial charge on any atom is -0.348 e. The lowest BCUT2D eigenvalue weighted by molar-refractivity contribution is 0.0856. The van der Waals surface area contributed by atoms with Crippen LogP contribution in [0.4, 0.5) is 0 Å². The highest BCUT2D eigenvalue weighted by molar-refractivity contribution is 7.11. The normalized spacial score (nSPS) is 25.7. The topological polar surface area (TPSA) is 54.0 Å². The highest BCUT2D eigenvalue weighted by atomic mass is 32.1. The predicted octanol–water partition coefficient (Wildman–Crippen LogP) is 1.86. The molecular formula is C13H19N3OS. The number of amides is 1. The number of thiazole rings is 1. The van der Waals surface area contributed by atoms with Crippen LogP contribution in [0, 0.1) is 6.92 Å². The quantitative estimate of drug-likeness (QED) is 0.858. The summed E-state index contributed by atoms with van der Waals surface area (Å²) in [5.41, 5.74) is 2.91. The summed E-state index contributed by atoms with van der Waals surface area (Å²) in [6.45, 7) is 2.91. The third-order valence-corrected chi connectivity index (χ3v) is 5.15. The summed E-state index contributed by atoms with van der Waals surface area (Å²) >= 11 is 1.43. The molecule has 2 aliphatic rings. The third-order valence-electron chi connectivity index (χ3n) is 4.23. The fraction of sp³-hybridized carbons (Fsp3) is 0.692. The lowest BCUT2D eigenvalue weighted by Crippen LogP contribution is -2.59. The molecule has 2 heterocycles. The molecule has 0 bridgehead atoms. The third kappa shape index (κ3) is 2.17. The van der Waals surface area contributed by atoms with Crippen LogP contribution in [0.1, 0.15) is 47.5 Å². The van der Waals surface area contributed by atoms with Gasteiger partial charge in [0.05, 0.1) is 11.2 Å². The van der Waals surface area contributed by atoms with Crippen LogP contribution in [-0.4, -0.2) is 29.0 Å². The van der Waals surface area contributed by atoms with Gasteiger partial charge in [0, 0.05) is 11.6 Å². The van der Waals surface area contributed by atoms with E-state index in [0.717, 1.165) is 30.0 Å². The van der Waals surface area contributed by atoms with Crippen LogP contribution in [0.15, 0.2) is 5.51 Å². The molecule has 18 heavy (non-hydrogen) atoms. The lowest BCUT2D eigenvalue weighted by Gasteiger charge is -2.48. The summed E-state index contributed by atoms with van der Waals surface area (Å²) in [6, 6.07) is 0.320. The van der Waals surface area contributed by atoms with Gasteiger partial charge in [0.25, 0.3) is 5.91 Å². The van der Waals surface area contributed by atoms with Crippen molar-refractivity contribution < 1.29 is 4.79 Å². The highest BCUT2D eigenvalue weighted by Crippen LogP contribution is 2.38. The van der Waals surface area contributed by atoms with E-state index < -0.39 is 0 Å². The van der Waals surface area contributed by atoms with E-state index in [1.54, 1.807) is 5.51 Å². The molecule has 0 aromatic carbocycles. The molecule has 1 amide bonds. The first-order chi connectivity index (χ1) is 8.69. The Morgan fingerprint density at radius 2 is 2.44 bits per heavy atom. The molecule has 1 aromatic rings. The smallest absolute Gasteiger partial charge is 0.263 e. The first kappa shape index (κ1) is 12.1. The molecule has 1 aliphatic carbocycles. The van der Waals surface area contributed by atoms with E-state index in [9.17, 15) is 4.79 Å². The van der Waals surface area contributed by atoms with Gasteiger partial charge in [-0.25, -0.2) is 4.98 Å². The van der Waals surface area contributed by atoms with Gasteiger partial charge < -0.3 is 10.6 Å². The lowest BCUT2D eigenvalue weighted by atomic mass is 9.70. The van der Waals surface area contributed by atoms with E-state index in [-0.39, 0.29) is 5.91 Å². The van der Waals surface area contributed by atoms with Crippen molar-refractivity contribution in [2.45, 2.75) is 50.6 Å². The van der Waals surface area contributed by atoms with Crippen molar-refractivity contribution in [3.05, 3.63) is 16.1 Å². The van der Waals surface area contributed by atoms with Gasteiger partial charge in [0.15, 0.2) is 0 Å². The van der Waals surface area contributed by atoms with Gasteiger partial charge >= 0.3 is 0 Å². The summed E-state index contributed by atoms with van der Waals surface area (Å²) < 4.78 is 0. The van der Waals surface area contributed by atoms with Crippen LogP contribution in [0.2, 0.25) is 0 Å². The number of aryl methyl sites for hydroxylation is 1. The van der Waals surface area contributed by atoms with Gasteiger partial charge in [-0.15, -0.1) is 11.3 Å². The maximum atomic E-state index is 12.2. The van der Waals surface area contributed by atoms with Crippen LogP contribution in [0.5, 0.6) is 0 Å². The van der Waals surface area contributed by atoms with Crippen molar-refractivity contribution in [3.8, 4) is 0 Å². The second-order valence-corrected chi connectivity index (χ2v) is 6.35. The number of hydrogen-bond donors (Lipinski definition) is 2. The Hall–Kier alpha value is -0.940. The Bertz CT molecular complexity index is 453. The fourth-order valence-electron chi connectivity index (χ4n) is 3.04. The fourth-order valence-corrected chi connectivity index (χ4v) is 3.74. The van der Waals surface area contributed by atoms with Crippen molar-refractivity contribution >= 4 is 17.2 Å². The Balaban J connectivity index is 1.62. The molecule has 1 unspecified atom stereocenters. The number of rotatable bonds is 2. The Kier molecular flexibility index (Phi) is 3.11. The molecule has 2 fully saturated rings. The van der Waals surface area contributed by atoms with Crippen LogP contribution in [-0.2, 0) is 0 Å². The van der Waals surface area contributed by atoms with Gasteiger partial charge in [0.2, 0.25) is 0 Å². The van der Waals surface area contributed by atoms with E-state index >= 15 is 0 Å². The van der Waals surface area contributed by atoms with Crippen molar-refractivity contribution in [2.24, 2.45) is 0 Å². The van der Waals surface area contributed by atoms with E-state index in [2.05, 4.69) is 15.6 Å². The van der Waals surface area contributed by atoms with E-state index in [4.69, 9.17) is 0 Å².